The monoisotopic (exact) mass is 308 g/mol. The summed E-state index contributed by atoms with van der Waals surface area (Å²) in [5.74, 6) is 0.551. The predicted molar refractivity (Wildman–Crippen MR) is 84.5 cm³/mol. The zero-order valence-electron chi connectivity index (χ0n) is 12.6. The van der Waals surface area contributed by atoms with Crippen LogP contribution in [0.2, 0.25) is 0 Å². The third-order valence-corrected chi connectivity index (χ3v) is 3.94. The quantitative estimate of drug-likeness (QED) is 0.880. The summed E-state index contributed by atoms with van der Waals surface area (Å²) in [5, 5.41) is 26.8. The number of aromatic carboxylic acids is 1. The fourth-order valence-electron chi connectivity index (χ4n) is 2.72. The number of carbonyl (C=O) groups is 1. The van der Waals surface area contributed by atoms with Gasteiger partial charge in [-0.3, -0.25) is 0 Å². The minimum Gasteiger partial charge on any atom is -0.478 e. The van der Waals surface area contributed by atoms with Gasteiger partial charge >= 0.3 is 5.97 Å². The van der Waals surface area contributed by atoms with E-state index >= 15 is 0 Å². The lowest BCUT2D eigenvalue weighted by Gasteiger charge is -2.06. The van der Waals surface area contributed by atoms with Gasteiger partial charge in [-0.25, -0.2) is 4.79 Å². The summed E-state index contributed by atoms with van der Waals surface area (Å²) in [5.41, 5.74) is 1.42. The van der Waals surface area contributed by atoms with E-state index in [1.54, 1.807) is 18.2 Å². The van der Waals surface area contributed by atoms with Gasteiger partial charge in [-0.2, -0.15) is 5.26 Å². The highest BCUT2D eigenvalue weighted by Crippen LogP contribution is 2.21. The lowest BCUT2D eigenvalue weighted by atomic mass is 10.1. The summed E-state index contributed by atoms with van der Waals surface area (Å²) in [6.07, 6.45) is 5.92. The zero-order valence-corrected chi connectivity index (χ0v) is 12.6. The van der Waals surface area contributed by atoms with Crippen LogP contribution in [0.1, 0.15) is 46.8 Å². The molecular weight excluding hydrogens is 292 g/mol. The van der Waals surface area contributed by atoms with Crippen molar-refractivity contribution >= 4 is 17.6 Å². The second-order valence-electron chi connectivity index (χ2n) is 5.50. The maximum atomic E-state index is 10.9. The molecule has 0 aliphatic carbocycles. The molecule has 2 aromatic rings. The van der Waals surface area contributed by atoms with Crippen LogP contribution in [0, 0.1) is 11.3 Å². The first-order chi connectivity index (χ1) is 11.2. The Morgan fingerprint density at radius 2 is 2.00 bits per heavy atom. The number of aryl methyl sites for hydroxylation is 1. The van der Waals surface area contributed by atoms with Crippen molar-refractivity contribution in [3.05, 3.63) is 47.0 Å². The summed E-state index contributed by atoms with van der Waals surface area (Å²) >= 11 is 0. The van der Waals surface area contributed by atoms with E-state index in [4.69, 9.17) is 5.11 Å². The first-order valence-electron chi connectivity index (χ1n) is 7.56. The minimum absolute atomic E-state index is 0.219. The average Bonchev–Trinajstić information content (AvgIpc) is 2.81. The second-order valence-corrected chi connectivity index (χ2v) is 5.50. The summed E-state index contributed by atoms with van der Waals surface area (Å²) in [6.45, 7) is 0.828. The first-order valence-corrected chi connectivity index (χ1v) is 7.56. The van der Waals surface area contributed by atoms with Crippen LogP contribution < -0.4 is 0 Å². The van der Waals surface area contributed by atoms with Crippen molar-refractivity contribution in [3.63, 3.8) is 0 Å². The van der Waals surface area contributed by atoms with Gasteiger partial charge in [0.05, 0.1) is 11.1 Å². The van der Waals surface area contributed by atoms with Crippen molar-refractivity contribution in [2.45, 2.75) is 32.2 Å². The molecule has 1 aromatic heterocycles. The normalized spacial score (nSPS) is 14.7. The first kappa shape index (κ1) is 15.0. The lowest BCUT2D eigenvalue weighted by molar-refractivity contribution is 0.0697. The van der Waals surface area contributed by atoms with Crippen LogP contribution >= 0.6 is 0 Å². The largest absolute Gasteiger partial charge is 0.478 e. The van der Waals surface area contributed by atoms with Crippen LogP contribution in [-0.2, 0) is 13.0 Å². The SMILES string of the molecule is N#CC(=Cc1ccc(C(=O)O)cc1)c1nnc2n1CCCCC2. The van der Waals surface area contributed by atoms with Crippen molar-refractivity contribution in [2.24, 2.45) is 0 Å². The molecule has 0 saturated heterocycles. The molecule has 0 radical (unpaired) electrons. The average molecular weight is 308 g/mol. The van der Waals surface area contributed by atoms with Crippen molar-refractivity contribution in [2.75, 3.05) is 0 Å². The molecule has 6 heteroatoms. The van der Waals surface area contributed by atoms with Crippen molar-refractivity contribution in [1.82, 2.24) is 14.8 Å². The highest BCUT2D eigenvalue weighted by molar-refractivity contribution is 5.90. The van der Waals surface area contributed by atoms with Gasteiger partial charge in [0.1, 0.15) is 11.9 Å². The molecule has 0 bridgehead atoms. The number of nitriles is 1. The summed E-state index contributed by atoms with van der Waals surface area (Å²) < 4.78 is 2.02. The van der Waals surface area contributed by atoms with Gasteiger partial charge in [0.25, 0.3) is 0 Å². The molecule has 0 amide bonds. The molecule has 0 unspecified atom stereocenters. The molecule has 116 valence electrons. The Morgan fingerprint density at radius 3 is 2.70 bits per heavy atom. The Labute approximate surface area is 133 Å². The van der Waals surface area contributed by atoms with Crippen LogP contribution in [0.15, 0.2) is 24.3 Å². The number of fused-ring (bicyclic) bond motifs is 1. The molecule has 0 spiro atoms. The number of carboxylic acids is 1. The predicted octanol–water partition coefficient (Wildman–Crippen LogP) is 2.77. The molecule has 3 rings (SSSR count). The maximum absolute atomic E-state index is 10.9. The van der Waals surface area contributed by atoms with Crippen LogP contribution in [0.25, 0.3) is 11.6 Å². The van der Waals surface area contributed by atoms with Gasteiger partial charge < -0.3 is 9.67 Å². The number of aromatic nitrogens is 3. The van der Waals surface area contributed by atoms with Crippen molar-refractivity contribution in [3.8, 4) is 6.07 Å². The van der Waals surface area contributed by atoms with E-state index in [1.165, 1.54) is 12.1 Å². The Morgan fingerprint density at radius 1 is 1.22 bits per heavy atom. The van der Waals surface area contributed by atoms with Gasteiger partial charge in [-0.05, 0) is 36.6 Å². The van der Waals surface area contributed by atoms with E-state index in [1.807, 2.05) is 4.57 Å². The number of nitrogens with zero attached hydrogens (tertiary/aromatic N) is 4. The highest BCUT2D eigenvalue weighted by Gasteiger charge is 2.17. The highest BCUT2D eigenvalue weighted by atomic mass is 16.4. The van der Waals surface area contributed by atoms with Crippen LogP contribution in [0.5, 0.6) is 0 Å². The van der Waals surface area contributed by atoms with Crippen LogP contribution in [0.3, 0.4) is 0 Å². The molecule has 0 fully saturated rings. The van der Waals surface area contributed by atoms with E-state index in [0.717, 1.165) is 43.6 Å². The molecule has 1 aliphatic heterocycles. The molecule has 1 aliphatic rings. The Bertz CT molecular complexity index is 797. The molecule has 1 N–H and O–H groups in total. The van der Waals surface area contributed by atoms with Gasteiger partial charge in [0.15, 0.2) is 5.82 Å². The zero-order chi connectivity index (χ0) is 16.2. The fourth-order valence-corrected chi connectivity index (χ4v) is 2.72. The fraction of sp³-hybridized carbons (Fsp3) is 0.294. The third-order valence-electron chi connectivity index (χ3n) is 3.94. The summed E-state index contributed by atoms with van der Waals surface area (Å²) in [4.78, 5) is 10.9. The maximum Gasteiger partial charge on any atom is 0.335 e. The topological polar surface area (TPSA) is 91.8 Å². The third kappa shape index (κ3) is 3.14. The molecule has 6 nitrogen and oxygen atoms in total. The minimum atomic E-state index is -0.969. The molecule has 23 heavy (non-hydrogen) atoms. The molecular formula is C17H16N4O2. The summed E-state index contributed by atoms with van der Waals surface area (Å²) in [7, 11) is 0. The molecule has 0 saturated carbocycles. The van der Waals surface area contributed by atoms with Crippen molar-refractivity contribution in [1.29, 1.82) is 5.26 Å². The number of carboxylic acid groups (broad SMARTS) is 1. The van der Waals surface area contributed by atoms with E-state index in [-0.39, 0.29) is 5.56 Å². The lowest BCUT2D eigenvalue weighted by Crippen LogP contribution is -2.05. The van der Waals surface area contributed by atoms with Gasteiger partial charge in [-0.1, -0.05) is 18.6 Å². The van der Waals surface area contributed by atoms with E-state index in [9.17, 15) is 10.1 Å². The number of hydrogen-bond donors (Lipinski definition) is 1. The molecule has 2 heterocycles. The smallest absolute Gasteiger partial charge is 0.335 e. The Hall–Kier alpha value is -2.94. The number of hydrogen-bond acceptors (Lipinski definition) is 4. The molecule has 1 aromatic carbocycles. The van der Waals surface area contributed by atoms with Gasteiger partial charge in [0.2, 0.25) is 0 Å². The molecule has 0 atom stereocenters. The van der Waals surface area contributed by atoms with Crippen LogP contribution in [-0.4, -0.2) is 25.8 Å². The van der Waals surface area contributed by atoms with Gasteiger partial charge in [0, 0.05) is 13.0 Å². The standard InChI is InChI=1S/C17H16N4O2/c18-11-14(10-12-5-7-13(8-6-12)17(22)23)16-20-19-15-4-2-1-3-9-21(15)16/h5-8,10H,1-4,9H2,(H,22,23). The van der Waals surface area contributed by atoms with E-state index in [2.05, 4.69) is 16.3 Å². The number of allylic oxidation sites excluding steroid dienone is 1. The van der Waals surface area contributed by atoms with Crippen LogP contribution in [0.4, 0.5) is 0 Å². The van der Waals surface area contributed by atoms with E-state index < -0.39 is 5.97 Å². The van der Waals surface area contributed by atoms with E-state index in [0.29, 0.717) is 11.4 Å². The number of rotatable bonds is 3. The Kier molecular flexibility index (Phi) is 4.20. The second kappa shape index (κ2) is 6.44. The van der Waals surface area contributed by atoms with Crippen molar-refractivity contribution < 1.29 is 9.90 Å². The van der Waals surface area contributed by atoms with Gasteiger partial charge in [-0.15, -0.1) is 10.2 Å². The summed E-state index contributed by atoms with van der Waals surface area (Å²) in [6, 6.07) is 8.59. The number of benzene rings is 1. The Balaban J connectivity index is 1.95.